The summed E-state index contributed by atoms with van der Waals surface area (Å²) in [5.41, 5.74) is 2.70. The Morgan fingerprint density at radius 3 is 2.24 bits per heavy atom. The Morgan fingerprint density at radius 2 is 1.82 bits per heavy atom. The highest BCUT2D eigenvalue weighted by atomic mass is 79.9. The first kappa shape index (κ1) is 13.3. The lowest BCUT2D eigenvalue weighted by Crippen LogP contribution is -2.15. The Labute approximate surface area is 119 Å². The summed E-state index contributed by atoms with van der Waals surface area (Å²) in [6.07, 6.45) is 0. The van der Waals surface area contributed by atoms with Crippen LogP contribution in [0.15, 0.2) is 15.9 Å². The number of hydrogen-bond acceptors (Lipinski definition) is 3. The normalized spacial score (nSPS) is 13.0. The number of halogens is 1. The van der Waals surface area contributed by atoms with Crippen molar-refractivity contribution in [2.45, 2.75) is 26.8 Å². The maximum atomic E-state index is 3.60. The van der Waals surface area contributed by atoms with Crippen molar-refractivity contribution >= 4 is 38.6 Å². The van der Waals surface area contributed by atoms with Gasteiger partial charge >= 0.3 is 0 Å². The van der Waals surface area contributed by atoms with Gasteiger partial charge in [-0.25, -0.2) is 0 Å². The standard InChI is InChI=1S/C13H16BrNS2/c1-7-5-9(3)16-12(7)11(15-4)10-6-8(2)13(14)17-10/h5-6,11,15H,1-4H3. The van der Waals surface area contributed by atoms with E-state index in [2.05, 4.69) is 54.2 Å². The summed E-state index contributed by atoms with van der Waals surface area (Å²) in [7, 11) is 2.03. The third-order valence-corrected chi connectivity index (χ3v) is 6.21. The van der Waals surface area contributed by atoms with E-state index < -0.39 is 0 Å². The van der Waals surface area contributed by atoms with Crippen LogP contribution in [0.2, 0.25) is 0 Å². The minimum absolute atomic E-state index is 0.323. The number of aryl methyl sites for hydroxylation is 3. The van der Waals surface area contributed by atoms with E-state index in [4.69, 9.17) is 0 Å². The summed E-state index contributed by atoms with van der Waals surface area (Å²) in [5.74, 6) is 0. The predicted octanol–water partition coefficient (Wildman–Crippen LogP) is 4.81. The topological polar surface area (TPSA) is 12.0 Å². The van der Waals surface area contributed by atoms with Gasteiger partial charge in [0.2, 0.25) is 0 Å². The van der Waals surface area contributed by atoms with Crippen molar-refractivity contribution in [2.75, 3.05) is 7.05 Å². The molecule has 1 N–H and O–H groups in total. The highest BCUT2D eigenvalue weighted by Crippen LogP contribution is 2.37. The fourth-order valence-electron chi connectivity index (χ4n) is 1.97. The number of hydrogen-bond donors (Lipinski definition) is 1. The van der Waals surface area contributed by atoms with E-state index in [0.29, 0.717) is 6.04 Å². The van der Waals surface area contributed by atoms with Crippen LogP contribution >= 0.6 is 38.6 Å². The van der Waals surface area contributed by atoms with Gasteiger partial charge in [-0.1, -0.05) is 0 Å². The molecule has 0 saturated heterocycles. The van der Waals surface area contributed by atoms with E-state index >= 15 is 0 Å². The molecule has 1 atom stereocenters. The molecule has 2 heterocycles. The number of nitrogens with one attached hydrogen (secondary N) is 1. The molecular formula is C13H16BrNS2. The minimum atomic E-state index is 0.323. The zero-order chi connectivity index (χ0) is 12.6. The Kier molecular flexibility index (Phi) is 4.08. The smallest absolute Gasteiger partial charge is 0.0765 e. The lowest BCUT2D eigenvalue weighted by atomic mass is 10.1. The summed E-state index contributed by atoms with van der Waals surface area (Å²) in [5, 5.41) is 3.43. The largest absolute Gasteiger partial charge is 0.308 e. The molecule has 0 amide bonds. The Balaban J connectivity index is 2.43. The van der Waals surface area contributed by atoms with Crippen LogP contribution in [0.3, 0.4) is 0 Å². The van der Waals surface area contributed by atoms with E-state index in [1.165, 1.54) is 29.5 Å². The molecule has 2 aromatic heterocycles. The van der Waals surface area contributed by atoms with E-state index in [0.717, 1.165) is 0 Å². The summed E-state index contributed by atoms with van der Waals surface area (Å²) < 4.78 is 1.23. The monoisotopic (exact) mass is 329 g/mol. The van der Waals surface area contributed by atoms with Gasteiger partial charge in [-0.05, 0) is 67.0 Å². The quantitative estimate of drug-likeness (QED) is 0.852. The lowest BCUT2D eigenvalue weighted by Gasteiger charge is -2.13. The van der Waals surface area contributed by atoms with Gasteiger partial charge in [-0.15, -0.1) is 22.7 Å². The molecule has 17 heavy (non-hydrogen) atoms. The van der Waals surface area contributed by atoms with Crippen LogP contribution in [0.5, 0.6) is 0 Å². The molecule has 0 bridgehead atoms. The Hall–Kier alpha value is -0.160. The van der Waals surface area contributed by atoms with Crippen LogP contribution in [0.25, 0.3) is 0 Å². The number of thiophene rings is 2. The zero-order valence-corrected chi connectivity index (χ0v) is 13.6. The molecule has 92 valence electrons. The van der Waals surface area contributed by atoms with Crippen molar-refractivity contribution in [1.82, 2.24) is 5.32 Å². The van der Waals surface area contributed by atoms with E-state index in [-0.39, 0.29) is 0 Å². The highest BCUT2D eigenvalue weighted by molar-refractivity contribution is 9.11. The molecule has 2 aromatic rings. The zero-order valence-electron chi connectivity index (χ0n) is 10.4. The van der Waals surface area contributed by atoms with Crippen molar-refractivity contribution in [1.29, 1.82) is 0 Å². The molecule has 2 rings (SSSR count). The molecule has 0 saturated carbocycles. The van der Waals surface area contributed by atoms with Crippen LogP contribution in [0.1, 0.15) is 31.8 Å². The first-order valence-corrected chi connectivity index (χ1v) is 7.95. The van der Waals surface area contributed by atoms with Crippen molar-refractivity contribution in [3.8, 4) is 0 Å². The molecule has 1 unspecified atom stereocenters. The van der Waals surface area contributed by atoms with Gasteiger partial charge in [0.05, 0.1) is 9.83 Å². The van der Waals surface area contributed by atoms with Gasteiger partial charge < -0.3 is 5.32 Å². The van der Waals surface area contributed by atoms with Gasteiger partial charge in [0.1, 0.15) is 0 Å². The van der Waals surface area contributed by atoms with Crippen LogP contribution in [-0.2, 0) is 0 Å². The average Bonchev–Trinajstić information content (AvgIpc) is 2.74. The van der Waals surface area contributed by atoms with Gasteiger partial charge in [-0.2, -0.15) is 0 Å². The van der Waals surface area contributed by atoms with E-state index in [9.17, 15) is 0 Å². The first-order chi connectivity index (χ1) is 8.02. The van der Waals surface area contributed by atoms with Crippen molar-refractivity contribution in [3.63, 3.8) is 0 Å². The summed E-state index contributed by atoms with van der Waals surface area (Å²) in [4.78, 5) is 4.19. The van der Waals surface area contributed by atoms with Gasteiger partial charge in [0.25, 0.3) is 0 Å². The maximum Gasteiger partial charge on any atom is 0.0765 e. The van der Waals surface area contributed by atoms with Gasteiger partial charge in [-0.3, -0.25) is 0 Å². The molecule has 0 radical (unpaired) electrons. The van der Waals surface area contributed by atoms with E-state index in [1.807, 2.05) is 29.7 Å². The third kappa shape index (κ3) is 2.65. The lowest BCUT2D eigenvalue weighted by molar-refractivity contribution is 0.712. The maximum absolute atomic E-state index is 3.60. The molecule has 0 fully saturated rings. The van der Waals surface area contributed by atoms with Crippen LogP contribution in [0.4, 0.5) is 0 Å². The SMILES string of the molecule is CNC(c1cc(C)c(Br)s1)c1sc(C)cc1C. The molecule has 0 aromatic carbocycles. The molecule has 4 heteroatoms. The molecule has 0 aliphatic heterocycles. The summed E-state index contributed by atoms with van der Waals surface area (Å²) in [6, 6.07) is 4.85. The average molecular weight is 330 g/mol. The second-order valence-electron chi connectivity index (χ2n) is 4.23. The fourth-order valence-corrected chi connectivity index (χ4v) is 4.91. The van der Waals surface area contributed by atoms with Crippen molar-refractivity contribution in [3.05, 3.63) is 41.7 Å². The second kappa shape index (κ2) is 5.22. The molecule has 1 nitrogen and oxygen atoms in total. The van der Waals surface area contributed by atoms with Crippen molar-refractivity contribution in [2.24, 2.45) is 0 Å². The summed E-state index contributed by atoms with van der Waals surface area (Å²) in [6.45, 7) is 6.51. The minimum Gasteiger partial charge on any atom is -0.308 e. The Morgan fingerprint density at radius 1 is 1.12 bits per heavy atom. The van der Waals surface area contributed by atoms with E-state index in [1.54, 1.807) is 0 Å². The van der Waals surface area contributed by atoms with Crippen LogP contribution in [-0.4, -0.2) is 7.05 Å². The molecular weight excluding hydrogens is 314 g/mol. The second-order valence-corrected chi connectivity index (χ2v) is 7.92. The highest BCUT2D eigenvalue weighted by Gasteiger charge is 2.19. The molecule has 0 aliphatic rings. The van der Waals surface area contributed by atoms with Crippen LogP contribution < -0.4 is 5.32 Å². The molecule has 0 aliphatic carbocycles. The van der Waals surface area contributed by atoms with Gasteiger partial charge in [0, 0.05) is 14.6 Å². The Bertz CT molecular complexity index is 508. The third-order valence-electron chi connectivity index (χ3n) is 2.79. The number of rotatable bonds is 3. The van der Waals surface area contributed by atoms with Gasteiger partial charge in [0.15, 0.2) is 0 Å². The predicted molar refractivity (Wildman–Crippen MR) is 81.5 cm³/mol. The first-order valence-electron chi connectivity index (χ1n) is 5.53. The summed E-state index contributed by atoms with van der Waals surface area (Å²) >= 11 is 7.31. The van der Waals surface area contributed by atoms with Crippen LogP contribution in [0, 0.1) is 20.8 Å². The molecule has 0 spiro atoms. The fraction of sp³-hybridized carbons (Fsp3) is 0.385. The van der Waals surface area contributed by atoms with Crippen molar-refractivity contribution < 1.29 is 0 Å².